The monoisotopic (exact) mass is 377 g/mol. The number of aliphatic carboxylic acids is 1. The van der Waals surface area contributed by atoms with E-state index in [0.717, 1.165) is 0 Å². The second kappa shape index (κ2) is 7.04. The number of amides is 2. The molecule has 0 aliphatic carbocycles. The van der Waals surface area contributed by atoms with Gasteiger partial charge in [-0.05, 0) is 30.3 Å². The molecular weight excluding hydrogens is 365 g/mol. The number of anilines is 2. The number of benzene rings is 2. The maximum atomic E-state index is 12.3. The molecule has 4 N–H and O–H groups in total. The fourth-order valence-corrected chi connectivity index (χ4v) is 3.12. The zero-order valence-corrected chi connectivity index (χ0v) is 14.2. The Labute approximate surface area is 153 Å². The van der Waals surface area contributed by atoms with Gasteiger partial charge < -0.3 is 21.1 Å². The molecule has 0 saturated heterocycles. The summed E-state index contributed by atoms with van der Waals surface area (Å²) in [6.07, 6.45) is 1.38. The molecular formula is C17H13Cl2N3O3. The van der Waals surface area contributed by atoms with E-state index in [1.807, 2.05) is 6.07 Å². The van der Waals surface area contributed by atoms with E-state index < -0.39 is 18.0 Å². The number of hydrogen-bond donors (Lipinski definition) is 4. The first-order valence-corrected chi connectivity index (χ1v) is 8.03. The third-order valence-corrected chi connectivity index (χ3v) is 4.09. The van der Waals surface area contributed by atoms with Crippen LogP contribution in [0.1, 0.15) is 11.6 Å². The normalized spacial score (nSPS) is 15.4. The first kappa shape index (κ1) is 17.1. The van der Waals surface area contributed by atoms with Crippen LogP contribution in [0.3, 0.4) is 0 Å². The van der Waals surface area contributed by atoms with Crippen LogP contribution in [-0.2, 0) is 4.79 Å². The summed E-state index contributed by atoms with van der Waals surface area (Å²) in [4.78, 5) is 23.6. The molecule has 3 rings (SSSR count). The fourth-order valence-electron chi connectivity index (χ4n) is 2.51. The van der Waals surface area contributed by atoms with Crippen molar-refractivity contribution >= 4 is 46.6 Å². The van der Waals surface area contributed by atoms with Crippen molar-refractivity contribution in [2.45, 2.75) is 6.04 Å². The average Bonchev–Trinajstić information content (AvgIpc) is 2.54. The maximum absolute atomic E-state index is 12.3. The van der Waals surface area contributed by atoms with E-state index in [0.29, 0.717) is 27.0 Å². The quantitative estimate of drug-likeness (QED) is 0.643. The van der Waals surface area contributed by atoms with Gasteiger partial charge >= 0.3 is 12.0 Å². The lowest BCUT2D eigenvalue weighted by molar-refractivity contribution is -0.132. The third-order valence-electron chi connectivity index (χ3n) is 3.56. The van der Waals surface area contributed by atoms with Crippen LogP contribution in [0.15, 0.2) is 54.2 Å². The standard InChI is InChI=1S/C17H13Cl2N3O3/c18-9-6-11(19)15-12(7-9)21-14(16(23)24)8-13(15)22-17(25)20-10-4-2-1-3-5-10/h1-8,13,21H,(H,23,24)(H2,20,22,25)/t13-/m0/s1. The number of carbonyl (C=O) groups excluding carboxylic acids is 1. The summed E-state index contributed by atoms with van der Waals surface area (Å²) < 4.78 is 0. The highest BCUT2D eigenvalue weighted by atomic mass is 35.5. The molecule has 0 unspecified atom stereocenters. The molecule has 8 heteroatoms. The molecule has 1 atom stereocenters. The topological polar surface area (TPSA) is 90.5 Å². The Hall–Kier alpha value is -2.70. The van der Waals surface area contributed by atoms with Gasteiger partial charge in [0.15, 0.2) is 0 Å². The Morgan fingerprint density at radius 2 is 1.84 bits per heavy atom. The Kier molecular flexibility index (Phi) is 4.83. The summed E-state index contributed by atoms with van der Waals surface area (Å²) in [5, 5.41) is 18.1. The van der Waals surface area contributed by atoms with Crippen LogP contribution in [-0.4, -0.2) is 17.1 Å². The van der Waals surface area contributed by atoms with Crippen molar-refractivity contribution in [1.29, 1.82) is 0 Å². The van der Waals surface area contributed by atoms with E-state index in [1.54, 1.807) is 30.3 Å². The lowest BCUT2D eigenvalue weighted by Gasteiger charge is -2.26. The van der Waals surface area contributed by atoms with Crippen molar-refractivity contribution in [3.05, 3.63) is 69.8 Å². The highest BCUT2D eigenvalue weighted by Crippen LogP contribution is 2.38. The van der Waals surface area contributed by atoms with Gasteiger partial charge in [-0.25, -0.2) is 9.59 Å². The number of carboxylic acid groups (broad SMARTS) is 1. The van der Waals surface area contributed by atoms with Crippen molar-refractivity contribution in [2.75, 3.05) is 10.6 Å². The second-order valence-electron chi connectivity index (χ2n) is 5.30. The van der Waals surface area contributed by atoms with Crippen LogP contribution in [0.2, 0.25) is 10.0 Å². The molecule has 25 heavy (non-hydrogen) atoms. The number of rotatable bonds is 3. The number of halogens is 2. The summed E-state index contributed by atoms with van der Waals surface area (Å²) in [5.41, 5.74) is 1.51. The van der Waals surface area contributed by atoms with Crippen LogP contribution in [0.25, 0.3) is 0 Å². The van der Waals surface area contributed by atoms with Gasteiger partial charge in [-0.15, -0.1) is 0 Å². The molecule has 2 amide bonds. The Balaban J connectivity index is 1.89. The van der Waals surface area contributed by atoms with Crippen molar-refractivity contribution in [1.82, 2.24) is 5.32 Å². The van der Waals surface area contributed by atoms with E-state index in [-0.39, 0.29) is 5.70 Å². The Bertz CT molecular complexity index is 869. The van der Waals surface area contributed by atoms with Crippen LogP contribution >= 0.6 is 23.2 Å². The molecule has 0 spiro atoms. The number of fused-ring (bicyclic) bond motifs is 1. The van der Waals surface area contributed by atoms with Crippen molar-refractivity contribution in [3.63, 3.8) is 0 Å². The summed E-state index contributed by atoms with van der Waals surface area (Å²) in [5.74, 6) is -1.16. The van der Waals surface area contributed by atoms with Gasteiger partial charge in [-0.1, -0.05) is 41.4 Å². The number of carboxylic acids is 1. The lowest BCUT2D eigenvalue weighted by Crippen LogP contribution is -2.34. The number of para-hydroxylation sites is 1. The summed E-state index contributed by atoms with van der Waals surface area (Å²) in [6.45, 7) is 0. The molecule has 0 radical (unpaired) electrons. The van der Waals surface area contributed by atoms with Gasteiger partial charge in [0.05, 0.1) is 6.04 Å². The van der Waals surface area contributed by atoms with E-state index in [2.05, 4.69) is 16.0 Å². The average molecular weight is 378 g/mol. The first-order chi connectivity index (χ1) is 11.9. The zero-order chi connectivity index (χ0) is 18.0. The first-order valence-electron chi connectivity index (χ1n) is 7.27. The SMILES string of the molecule is O=C(Nc1ccccc1)N[C@H]1C=C(C(=O)O)Nc2cc(Cl)cc(Cl)c21. The van der Waals surface area contributed by atoms with Gasteiger partial charge in [0.1, 0.15) is 5.70 Å². The van der Waals surface area contributed by atoms with Crippen LogP contribution in [0, 0.1) is 0 Å². The molecule has 1 aliphatic rings. The largest absolute Gasteiger partial charge is 0.477 e. The molecule has 0 bridgehead atoms. The number of hydrogen-bond acceptors (Lipinski definition) is 3. The predicted octanol–water partition coefficient (Wildman–Crippen LogP) is 4.25. The summed E-state index contributed by atoms with van der Waals surface area (Å²) >= 11 is 12.2. The van der Waals surface area contributed by atoms with Crippen LogP contribution in [0.5, 0.6) is 0 Å². The number of nitrogens with one attached hydrogen (secondary N) is 3. The van der Waals surface area contributed by atoms with E-state index in [9.17, 15) is 14.7 Å². The molecule has 1 heterocycles. The van der Waals surface area contributed by atoms with Crippen LogP contribution < -0.4 is 16.0 Å². The zero-order valence-electron chi connectivity index (χ0n) is 12.7. The van der Waals surface area contributed by atoms with E-state index in [1.165, 1.54) is 12.1 Å². The minimum atomic E-state index is -1.16. The smallest absolute Gasteiger partial charge is 0.352 e. The minimum absolute atomic E-state index is 0.0733. The Morgan fingerprint density at radius 3 is 2.52 bits per heavy atom. The maximum Gasteiger partial charge on any atom is 0.352 e. The molecule has 2 aromatic rings. The van der Waals surface area contributed by atoms with Crippen molar-refractivity contribution in [3.8, 4) is 0 Å². The van der Waals surface area contributed by atoms with Gasteiger partial charge in [-0.3, -0.25) is 0 Å². The van der Waals surface area contributed by atoms with Gasteiger partial charge in [0.2, 0.25) is 0 Å². The van der Waals surface area contributed by atoms with Gasteiger partial charge in [0.25, 0.3) is 0 Å². The number of carbonyl (C=O) groups is 2. The third kappa shape index (κ3) is 3.87. The molecule has 1 aliphatic heterocycles. The lowest BCUT2D eigenvalue weighted by atomic mass is 9.99. The van der Waals surface area contributed by atoms with Gasteiger partial charge in [-0.2, -0.15) is 0 Å². The molecule has 2 aromatic carbocycles. The van der Waals surface area contributed by atoms with Crippen molar-refractivity contribution < 1.29 is 14.7 Å². The van der Waals surface area contributed by atoms with Crippen molar-refractivity contribution in [2.24, 2.45) is 0 Å². The molecule has 6 nitrogen and oxygen atoms in total. The fraction of sp³-hybridized carbons (Fsp3) is 0.0588. The van der Waals surface area contributed by atoms with E-state index >= 15 is 0 Å². The highest BCUT2D eigenvalue weighted by Gasteiger charge is 2.27. The molecule has 0 saturated carbocycles. The summed E-state index contributed by atoms with van der Waals surface area (Å²) in [6, 6.07) is 10.8. The van der Waals surface area contributed by atoms with E-state index in [4.69, 9.17) is 23.2 Å². The second-order valence-corrected chi connectivity index (χ2v) is 6.15. The minimum Gasteiger partial charge on any atom is -0.477 e. The predicted molar refractivity (Wildman–Crippen MR) is 97.1 cm³/mol. The highest BCUT2D eigenvalue weighted by molar-refractivity contribution is 6.35. The molecule has 0 aromatic heterocycles. The molecule has 128 valence electrons. The Morgan fingerprint density at radius 1 is 1.12 bits per heavy atom. The van der Waals surface area contributed by atoms with Gasteiger partial charge in [0, 0.05) is 27.0 Å². The molecule has 0 fully saturated rings. The number of urea groups is 1. The van der Waals surface area contributed by atoms with Crippen LogP contribution in [0.4, 0.5) is 16.2 Å². The summed E-state index contributed by atoms with van der Waals surface area (Å²) in [7, 11) is 0.